The van der Waals surface area contributed by atoms with E-state index in [-0.39, 0.29) is 5.48 Å². The minimum atomic E-state index is -4.67. The van der Waals surface area contributed by atoms with E-state index in [1.165, 1.54) is 0 Å². The molecule has 0 saturated carbocycles. The Hall–Kier alpha value is -4.14. The Labute approximate surface area is 220 Å². The predicted octanol–water partition coefficient (Wildman–Crippen LogP) is -1.73. The van der Waals surface area contributed by atoms with Crippen LogP contribution in [0.2, 0.25) is 0 Å². The second-order valence-corrected chi connectivity index (χ2v) is 8.15. The second kappa shape index (κ2) is 16.0. The van der Waals surface area contributed by atoms with Crippen molar-refractivity contribution in [3.05, 3.63) is 48.5 Å². The fraction of sp³-hybridized carbons (Fsp3) is 0. The van der Waals surface area contributed by atoms with Gasteiger partial charge in [-0.15, -0.1) is 20.4 Å². The zero-order valence-electron chi connectivity index (χ0n) is 19.5. The number of aromatic nitrogens is 4. The van der Waals surface area contributed by atoms with E-state index in [4.69, 9.17) is 58.4 Å². The lowest BCUT2D eigenvalue weighted by molar-refractivity contribution is 0.378. The first-order chi connectivity index (χ1) is 17.7. The number of nitrogens with zero attached hydrogens (tertiary/aromatic N) is 4. The molecule has 4 rings (SSSR count). The fourth-order valence-electron chi connectivity index (χ4n) is 2.63. The lowest BCUT2D eigenvalue weighted by Gasteiger charge is -2.06. The van der Waals surface area contributed by atoms with Crippen molar-refractivity contribution in [1.29, 1.82) is 0 Å². The Balaban J connectivity index is 0.000000545. The third-order valence-electron chi connectivity index (χ3n) is 3.92. The van der Waals surface area contributed by atoms with Crippen LogP contribution < -0.4 is 45.1 Å². The molecular formula is C16H26N12O9S2. The van der Waals surface area contributed by atoms with Crippen molar-refractivity contribution in [3.63, 3.8) is 0 Å². The van der Waals surface area contributed by atoms with E-state index < -0.39 is 20.8 Å². The number of rotatable bonds is 4. The highest BCUT2D eigenvalue weighted by Gasteiger charge is 2.07. The van der Waals surface area contributed by atoms with Crippen molar-refractivity contribution >= 4 is 65.6 Å². The number of nitrogen functional groups attached to an aromatic ring is 4. The minimum Gasteiger partial charge on any atom is -0.412 e. The number of hydrazine groups is 4. The van der Waals surface area contributed by atoms with Crippen LogP contribution in [-0.4, -0.2) is 60.9 Å². The Morgan fingerprint density at radius 2 is 0.641 bits per heavy atom. The highest BCUT2D eigenvalue weighted by Crippen LogP contribution is 2.25. The zero-order chi connectivity index (χ0) is 28.9. The van der Waals surface area contributed by atoms with Crippen molar-refractivity contribution in [3.8, 4) is 0 Å². The lowest BCUT2D eigenvalue weighted by Crippen LogP contribution is -2.13. The van der Waals surface area contributed by atoms with Crippen LogP contribution >= 0.6 is 0 Å². The first-order valence-corrected chi connectivity index (χ1v) is 12.3. The van der Waals surface area contributed by atoms with Crippen molar-refractivity contribution in [2.24, 2.45) is 23.4 Å². The molecule has 0 aliphatic heterocycles. The van der Waals surface area contributed by atoms with Crippen molar-refractivity contribution in [1.82, 2.24) is 20.4 Å². The molecule has 18 N–H and O–H groups in total. The number of hydrogen-bond acceptors (Lipinski definition) is 16. The molecule has 2 aromatic carbocycles. The summed E-state index contributed by atoms with van der Waals surface area (Å²) in [7, 11) is -9.33. The number of hydrogen-bond donors (Lipinski definition) is 12. The monoisotopic (exact) mass is 594 g/mol. The van der Waals surface area contributed by atoms with E-state index in [2.05, 4.69) is 42.1 Å². The van der Waals surface area contributed by atoms with Gasteiger partial charge >= 0.3 is 20.8 Å². The molecule has 0 atom stereocenters. The molecule has 4 aromatic rings. The molecule has 0 aliphatic carbocycles. The van der Waals surface area contributed by atoms with Crippen LogP contribution in [0.25, 0.3) is 21.5 Å². The van der Waals surface area contributed by atoms with Crippen LogP contribution in [0.15, 0.2) is 48.5 Å². The number of anilines is 4. The van der Waals surface area contributed by atoms with Crippen molar-refractivity contribution < 1.29 is 40.5 Å². The number of nitrogens with two attached hydrogens (primary N) is 4. The van der Waals surface area contributed by atoms with Crippen LogP contribution in [-0.2, 0) is 20.8 Å². The van der Waals surface area contributed by atoms with Crippen LogP contribution in [0, 0.1) is 0 Å². The summed E-state index contributed by atoms with van der Waals surface area (Å²) in [5.74, 6) is 23.3. The van der Waals surface area contributed by atoms with Gasteiger partial charge < -0.3 is 27.2 Å². The lowest BCUT2D eigenvalue weighted by atomic mass is 10.2. The molecule has 0 spiro atoms. The smallest absolute Gasteiger partial charge is 0.394 e. The van der Waals surface area contributed by atoms with E-state index in [1.54, 1.807) is 0 Å². The van der Waals surface area contributed by atoms with Crippen LogP contribution in [0.5, 0.6) is 0 Å². The molecule has 0 aliphatic rings. The van der Waals surface area contributed by atoms with E-state index >= 15 is 0 Å². The largest absolute Gasteiger partial charge is 0.412 e. The van der Waals surface area contributed by atoms with Crippen LogP contribution in [0.3, 0.4) is 0 Å². The highest BCUT2D eigenvalue weighted by molar-refractivity contribution is 7.80. The topological polar surface area (TPSA) is 384 Å². The first-order valence-electron chi connectivity index (χ1n) is 9.50. The van der Waals surface area contributed by atoms with Gasteiger partial charge in [0.15, 0.2) is 23.3 Å². The maximum Gasteiger partial charge on any atom is 0.394 e. The normalized spacial score (nSPS) is 10.3. The molecule has 0 saturated heterocycles. The molecule has 2 heterocycles. The summed E-state index contributed by atoms with van der Waals surface area (Å²) in [6.07, 6.45) is 0. The third-order valence-corrected chi connectivity index (χ3v) is 3.92. The van der Waals surface area contributed by atoms with Gasteiger partial charge in [-0.3, -0.25) is 18.2 Å². The number of nitrogens with one attached hydrogen (secondary N) is 4. The zero-order valence-corrected chi connectivity index (χ0v) is 21.1. The summed E-state index contributed by atoms with van der Waals surface area (Å²) < 4.78 is 63.2. The van der Waals surface area contributed by atoms with Crippen LogP contribution in [0.1, 0.15) is 0 Å². The SMILES string of the molecule is NNc1nnc(NN)c2ccccc12.NNc1nnc(NN)c2ccccc12.O.O=S(=O)(O)O.O=S(=O)(O)O. The predicted molar refractivity (Wildman–Crippen MR) is 142 cm³/mol. The van der Waals surface area contributed by atoms with Gasteiger partial charge in [-0.1, -0.05) is 48.5 Å². The first kappa shape index (κ1) is 34.9. The number of benzene rings is 2. The van der Waals surface area contributed by atoms with Crippen molar-refractivity contribution in [2.75, 3.05) is 21.7 Å². The quantitative estimate of drug-likeness (QED) is 0.0708. The van der Waals surface area contributed by atoms with Gasteiger partial charge in [0.05, 0.1) is 0 Å². The van der Waals surface area contributed by atoms with Gasteiger partial charge in [0.25, 0.3) is 0 Å². The van der Waals surface area contributed by atoms with E-state index in [9.17, 15) is 0 Å². The van der Waals surface area contributed by atoms with E-state index in [0.29, 0.717) is 23.3 Å². The van der Waals surface area contributed by atoms with Gasteiger partial charge in [0.2, 0.25) is 0 Å². The summed E-state index contributed by atoms with van der Waals surface area (Å²) >= 11 is 0. The summed E-state index contributed by atoms with van der Waals surface area (Å²) in [4.78, 5) is 0. The molecule has 0 unspecified atom stereocenters. The second-order valence-electron chi connectivity index (χ2n) is 6.36. The molecular weight excluding hydrogens is 568 g/mol. The molecule has 0 fully saturated rings. The molecule has 39 heavy (non-hydrogen) atoms. The minimum absolute atomic E-state index is 0. The maximum atomic E-state index is 8.74. The van der Waals surface area contributed by atoms with E-state index in [1.807, 2.05) is 48.5 Å². The summed E-state index contributed by atoms with van der Waals surface area (Å²) in [6.45, 7) is 0. The van der Waals surface area contributed by atoms with Crippen molar-refractivity contribution in [2.45, 2.75) is 0 Å². The molecule has 0 amide bonds. The number of fused-ring (bicyclic) bond motifs is 2. The molecule has 0 radical (unpaired) electrons. The highest BCUT2D eigenvalue weighted by atomic mass is 32.3. The Kier molecular flexibility index (Phi) is 14.3. The summed E-state index contributed by atoms with van der Waals surface area (Å²) in [5, 5.41) is 19.0. The van der Waals surface area contributed by atoms with Gasteiger partial charge in [-0.05, 0) is 0 Å². The average molecular weight is 595 g/mol. The fourth-order valence-corrected chi connectivity index (χ4v) is 2.63. The maximum absolute atomic E-state index is 8.74. The Morgan fingerprint density at radius 1 is 0.487 bits per heavy atom. The molecule has 2 aromatic heterocycles. The van der Waals surface area contributed by atoms with Gasteiger partial charge in [-0.25, -0.2) is 23.4 Å². The third kappa shape index (κ3) is 12.8. The van der Waals surface area contributed by atoms with Gasteiger partial charge in [-0.2, -0.15) is 16.8 Å². The average Bonchev–Trinajstić information content (AvgIpc) is 2.85. The summed E-state index contributed by atoms with van der Waals surface area (Å²) in [6, 6.07) is 15.1. The molecule has 21 nitrogen and oxygen atoms in total. The molecule has 216 valence electrons. The van der Waals surface area contributed by atoms with Crippen LogP contribution in [0.4, 0.5) is 23.3 Å². The Morgan fingerprint density at radius 3 is 0.769 bits per heavy atom. The van der Waals surface area contributed by atoms with E-state index in [0.717, 1.165) is 21.5 Å². The standard InChI is InChI=1S/2C8H10N6.2H2O4S.H2O/c2*9-11-7-5-3-1-2-4-6(5)8(12-10)14-13-7;2*1-5(2,3)4;/h2*1-4H,9-10H2,(H,11,13)(H,12,14);2*(H2,1,2,3,4);1H2. The molecule has 23 heteroatoms. The summed E-state index contributed by atoms with van der Waals surface area (Å²) in [5.41, 5.74) is 9.92. The van der Waals surface area contributed by atoms with Gasteiger partial charge in [0.1, 0.15) is 0 Å². The van der Waals surface area contributed by atoms with Gasteiger partial charge in [0, 0.05) is 21.5 Å². The molecule has 0 bridgehead atoms. The Bertz CT molecular complexity index is 1340.